The minimum Gasteiger partial charge on any atom is -0.481 e. The predicted octanol–water partition coefficient (Wildman–Crippen LogP) is 9.59. The van der Waals surface area contributed by atoms with Crippen molar-refractivity contribution in [1.82, 2.24) is 0 Å². The van der Waals surface area contributed by atoms with E-state index < -0.39 is 5.97 Å². The van der Waals surface area contributed by atoms with Crippen LogP contribution in [-0.4, -0.2) is 22.3 Å². The van der Waals surface area contributed by atoms with Crippen LogP contribution in [0.25, 0.3) is 0 Å². The highest BCUT2D eigenvalue weighted by Crippen LogP contribution is 2.16. The first-order chi connectivity index (χ1) is 15.7. The van der Waals surface area contributed by atoms with Gasteiger partial charge < -0.3 is 10.2 Å². The quantitative estimate of drug-likeness (QED) is 0.121. The van der Waals surface area contributed by atoms with E-state index in [0.29, 0.717) is 6.42 Å². The van der Waals surface area contributed by atoms with Crippen LogP contribution in [0.3, 0.4) is 0 Å². The molecule has 0 aliphatic heterocycles. The maximum absolute atomic E-state index is 10.4. The monoisotopic (exact) mass is 454 g/mol. The number of carboxylic acids is 1. The molecule has 3 nitrogen and oxygen atoms in total. The van der Waals surface area contributed by atoms with Crippen LogP contribution in [0.5, 0.6) is 0 Å². The molecule has 0 aromatic carbocycles. The molecule has 0 amide bonds. The lowest BCUT2D eigenvalue weighted by Gasteiger charge is -2.10. The third-order valence-corrected chi connectivity index (χ3v) is 6.82. The molecule has 0 saturated carbocycles. The van der Waals surface area contributed by atoms with E-state index in [9.17, 15) is 9.90 Å². The molecule has 0 aliphatic rings. The molecule has 0 aromatic heterocycles. The summed E-state index contributed by atoms with van der Waals surface area (Å²) in [5.74, 6) is -0.677. The number of hydrogen-bond donors (Lipinski definition) is 2. The summed E-state index contributed by atoms with van der Waals surface area (Å²) < 4.78 is 0. The largest absolute Gasteiger partial charge is 0.481 e. The molecule has 2 N–H and O–H groups in total. The lowest BCUT2D eigenvalue weighted by Crippen LogP contribution is -2.05. The van der Waals surface area contributed by atoms with Gasteiger partial charge in [0.1, 0.15) is 0 Å². The van der Waals surface area contributed by atoms with Crippen LogP contribution < -0.4 is 0 Å². The van der Waals surface area contributed by atoms with Crippen LogP contribution in [0, 0.1) is 0 Å². The summed E-state index contributed by atoms with van der Waals surface area (Å²) in [5, 5.41) is 18.7. The van der Waals surface area contributed by atoms with Crippen molar-refractivity contribution in [3.05, 3.63) is 0 Å². The summed E-state index contributed by atoms with van der Waals surface area (Å²) in [4.78, 5) is 10.4. The molecule has 0 saturated heterocycles. The highest BCUT2D eigenvalue weighted by Gasteiger charge is 2.04. The molecule has 3 heteroatoms. The zero-order valence-electron chi connectivity index (χ0n) is 21.8. The Labute approximate surface area is 201 Å². The van der Waals surface area contributed by atoms with Crippen molar-refractivity contribution in [3.8, 4) is 0 Å². The van der Waals surface area contributed by atoms with Crippen LogP contribution in [0.15, 0.2) is 0 Å². The summed E-state index contributed by atoms with van der Waals surface area (Å²) in [6.45, 7) is 2.29. The van der Waals surface area contributed by atoms with Gasteiger partial charge in [-0.3, -0.25) is 4.79 Å². The maximum Gasteiger partial charge on any atom is 0.303 e. The highest BCUT2D eigenvalue weighted by molar-refractivity contribution is 5.66. The van der Waals surface area contributed by atoms with E-state index in [1.54, 1.807) is 0 Å². The Hall–Kier alpha value is -0.570. The summed E-state index contributed by atoms with van der Waals surface area (Å²) >= 11 is 0. The minimum absolute atomic E-state index is 0.0998. The van der Waals surface area contributed by atoms with Crippen molar-refractivity contribution in [2.75, 3.05) is 0 Å². The fourth-order valence-electron chi connectivity index (χ4n) is 4.61. The van der Waals surface area contributed by atoms with E-state index in [1.165, 1.54) is 122 Å². The Morgan fingerprint density at radius 2 is 0.781 bits per heavy atom. The van der Waals surface area contributed by atoms with Gasteiger partial charge in [-0.05, 0) is 19.3 Å². The second-order valence-corrected chi connectivity index (χ2v) is 10.2. The third-order valence-electron chi connectivity index (χ3n) is 6.82. The molecule has 1 atom stereocenters. The number of aliphatic hydroxyl groups is 1. The van der Waals surface area contributed by atoms with E-state index in [0.717, 1.165) is 38.5 Å². The SMILES string of the molecule is CCCCCCCCCCCCCCCCCCC(O)CCCCCCCCCC(=O)O. The molecule has 0 heterocycles. The Morgan fingerprint density at radius 3 is 1.09 bits per heavy atom. The lowest BCUT2D eigenvalue weighted by molar-refractivity contribution is -0.137. The van der Waals surface area contributed by atoms with Gasteiger partial charge in [-0.15, -0.1) is 0 Å². The zero-order valence-corrected chi connectivity index (χ0v) is 21.8. The van der Waals surface area contributed by atoms with Crippen molar-refractivity contribution in [2.24, 2.45) is 0 Å². The van der Waals surface area contributed by atoms with Crippen LogP contribution in [0.1, 0.15) is 174 Å². The first-order valence-electron chi connectivity index (χ1n) is 14.6. The van der Waals surface area contributed by atoms with Crippen LogP contribution in [0.2, 0.25) is 0 Å². The lowest BCUT2D eigenvalue weighted by atomic mass is 10.0. The fraction of sp³-hybridized carbons (Fsp3) is 0.966. The van der Waals surface area contributed by atoms with E-state index in [-0.39, 0.29) is 6.10 Å². The van der Waals surface area contributed by atoms with Gasteiger partial charge in [-0.1, -0.05) is 148 Å². The molecular formula is C29H58O3. The summed E-state index contributed by atoms with van der Waals surface area (Å²) in [7, 11) is 0. The predicted molar refractivity (Wildman–Crippen MR) is 139 cm³/mol. The van der Waals surface area contributed by atoms with Gasteiger partial charge >= 0.3 is 5.97 Å². The summed E-state index contributed by atoms with van der Waals surface area (Å²) in [5.41, 5.74) is 0. The molecule has 0 rings (SSSR count). The van der Waals surface area contributed by atoms with Gasteiger partial charge in [-0.25, -0.2) is 0 Å². The molecule has 0 aliphatic carbocycles. The average Bonchev–Trinajstić information content (AvgIpc) is 2.77. The number of carbonyl (C=O) groups is 1. The van der Waals surface area contributed by atoms with Gasteiger partial charge in [0.05, 0.1) is 6.10 Å². The highest BCUT2D eigenvalue weighted by atomic mass is 16.4. The molecule has 32 heavy (non-hydrogen) atoms. The molecule has 0 aromatic rings. The number of aliphatic carboxylic acids is 1. The van der Waals surface area contributed by atoms with E-state index >= 15 is 0 Å². The number of rotatable bonds is 27. The van der Waals surface area contributed by atoms with Gasteiger partial charge in [0.2, 0.25) is 0 Å². The van der Waals surface area contributed by atoms with Crippen LogP contribution in [-0.2, 0) is 4.79 Å². The molecular weight excluding hydrogens is 396 g/mol. The summed E-state index contributed by atoms with van der Waals surface area (Å²) in [6, 6.07) is 0. The molecule has 0 bridgehead atoms. The topological polar surface area (TPSA) is 57.5 Å². The van der Waals surface area contributed by atoms with Gasteiger partial charge in [-0.2, -0.15) is 0 Å². The van der Waals surface area contributed by atoms with Gasteiger partial charge in [0.15, 0.2) is 0 Å². The molecule has 0 spiro atoms. The van der Waals surface area contributed by atoms with Crippen molar-refractivity contribution < 1.29 is 15.0 Å². The van der Waals surface area contributed by atoms with Gasteiger partial charge in [0.25, 0.3) is 0 Å². The van der Waals surface area contributed by atoms with Gasteiger partial charge in [0, 0.05) is 6.42 Å². The second kappa shape index (κ2) is 26.7. The Balaban J connectivity index is 3.14. The first-order valence-corrected chi connectivity index (χ1v) is 14.6. The van der Waals surface area contributed by atoms with Crippen molar-refractivity contribution >= 4 is 5.97 Å². The minimum atomic E-state index is -0.677. The number of carboxylic acid groups (broad SMARTS) is 1. The fourth-order valence-corrected chi connectivity index (χ4v) is 4.61. The van der Waals surface area contributed by atoms with Crippen molar-refractivity contribution in [2.45, 2.75) is 180 Å². The molecule has 0 fully saturated rings. The average molecular weight is 455 g/mol. The van der Waals surface area contributed by atoms with E-state index in [2.05, 4.69) is 6.92 Å². The van der Waals surface area contributed by atoms with Crippen molar-refractivity contribution in [1.29, 1.82) is 0 Å². The molecule has 1 unspecified atom stereocenters. The third kappa shape index (κ3) is 27.5. The Kier molecular flexibility index (Phi) is 26.2. The number of hydrogen-bond acceptors (Lipinski definition) is 2. The van der Waals surface area contributed by atoms with E-state index in [4.69, 9.17) is 5.11 Å². The first kappa shape index (κ1) is 31.4. The van der Waals surface area contributed by atoms with E-state index in [1.807, 2.05) is 0 Å². The zero-order chi connectivity index (χ0) is 23.5. The molecule has 0 radical (unpaired) electrons. The smallest absolute Gasteiger partial charge is 0.303 e. The number of unbranched alkanes of at least 4 members (excludes halogenated alkanes) is 21. The normalized spacial score (nSPS) is 12.3. The summed E-state index contributed by atoms with van der Waals surface area (Å²) in [6.07, 6.45) is 32.2. The Morgan fingerprint density at radius 1 is 0.500 bits per heavy atom. The molecule has 192 valence electrons. The maximum atomic E-state index is 10.4. The standard InChI is InChI=1S/C29H58O3/c1-2-3-4-5-6-7-8-9-10-11-12-13-14-16-19-22-25-28(30)26-23-20-17-15-18-21-24-27-29(31)32/h28,30H,2-27H2,1H3,(H,31,32). The van der Waals surface area contributed by atoms with Crippen LogP contribution >= 0.6 is 0 Å². The van der Waals surface area contributed by atoms with Crippen LogP contribution in [0.4, 0.5) is 0 Å². The van der Waals surface area contributed by atoms with Crippen molar-refractivity contribution in [3.63, 3.8) is 0 Å². The number of aliphatic hydroxyl groups excluding tert-OH is 1. The second-order valence-electron chi connectivity index (χ2n) is 10.2. The Bertz CT molecular complexity index is 369.